The van der Waals surface area contributed by atoms with Gasteiger partial charge in [-0.25, -0.2) is 4.68 Å². The van der Waals surface area contributed by atoms with Crippen molar-refractivity contribution >= 4 is 23.4 Å². The Balaban J connectivity index is 1.52. The standard InChI is InChI=1S/C26H23N3OS/c30-24-19-31-25(17-16-20-10-4-1-5-11-20)29(24)23-18-28(22-14-8-3-9-15-22)27-26(23)21-12-6-2-7-13-21/h1-15,18,25H,16-17,19H2. The molecule has 5 rings (SSSR count). The van der Waals surface area contributed by atoms with Gasteiger partial charge in [-0.05, 0) is 30.5 Å². The van der Waals surface area contributed by atoms with E-state index < -0.39 is 0 Å². The van der Waals surface area contributed by atoms with Crippen LogP contribution in [0.4, 0.5) is 5.69 Å². The van der Waals surface area contributed by atoms with Crippen molar-refractivity contribution < 1.29 is 4.79 Å². The third-order valence-electron chi connectivity index (χ3n) is 5.50. The second kappa shape index (κ2) is 8.82. The molecule has 1 fully saturated rings. The Kier molecular flexibility index (Phi) is 5.59. The first-order valence-corrected chi connectivity index (χ1v) is 11.5. The second-order valence-electron chi connectivity index (χ2n) is 7.56. The van der Waals surface area contributed by atoms with E-state index in [1.807, 2.05) is 82.5 Å². The van der Waals surface area contributed by atoms with Gasteiger partial charge in [0, 0.05) is 5.56 Å². The van der Waals surface area contributed by atoms with Gasteiger partial charge in [-0.3, -0.25) is 9.69 Å². The molecule has 1 atom stereocenters. The Morgan fingerprint density at radius 1 is 0.871 bits per heavy atom. The number of benzene rings is 3. The number of hydrogen-bond donors (Lipinski definition) is 0. The van der Waals surface area contributed by atoms with Gasteiger partial charge in [0.2, 0.25) is 5.91 Å². The van der Waals surface area contributed by atoms with Gasteiger partial charge >= 0.3 is 0 Å². The lowest BCUT2D eigenvalue weighted by Gasteiger charge is -2.23. The molecule has 1 aromatic heterocycles. The molecule has 0 saturated carbocycles. The zero-order valence-corrected chi connectivity index (χ0v) is 17.9. The van der Waals surface area contributed by atoms with Gasteiger partial charge < -0.3 is 0 Å². The number of hydrogen-bond acceptors (Lipinski definition) is 3. The summed E-state index contributed by atoms with van der Waals surface area (Å²) in [5.74, 6) is 0.650. The molecule has 0 N–H and O–H groups in total. The minimum atomic E-state index is 0.101. The molecule has 2 heterocycles. The largest absolute Gasteiger partial charge is 0.295 e. The molecule has 0 bridgehead atoms. The van der Waals surface area contributed by atoms with E-state index >= 15 is 0 Å². The highest BCUT2D eigenvalue weighted by Gasteiger charge is 2.35. The Bertz CT molecular complexity index is 1160. The summed E-state index contributed by atoms with van der Waals surface area (Å²) in [5.41, 5.74) is 5.00. The summed E-state index contributed by atoms with van der Waals surface area (Å²) < 4.78 is 1.88. The number of amides is 1. The fraction of sp³-hybridized carbons (Fsp3) is 0.154. The molecule has 1 amide bonds. The topological polar surface area (TPSA) is 38.1 Å². The quantitative estimate of drug-likeness (QED) is 0.405. The molecular formula is C26H23N3OS. The molecule has 1 unspecified atom stereocenters. The summed E-state index contributed by atoms with van der Waals surface area (Å²) in [6, 6.07) is 30.6. The molecule has 4 nitrogen and oxygen atoms in total. The monoisotopic (exact) mass is 425 g/mol. The lowest BCUT2D eigenvalue weighted by molar-refractivity contribution is -0.115. The summed E-state index contributed by atoms with van der Waals surface area (Å²) in [4.78, 5) is 15.0. The first kappa shape index (κ1) is 19.6. The van der Waals surface area contributed by atoms with Gasteiger partial charge in [0.05, 0.1) is 28.7 Å². The number of aromatic nitrogens is 2. The second-order valence-corrected chi connectivity index (χ2v) is 8.73. The van der Waals surface area contributed by atoms with E-state index in [9.17, 15) is 4.79 Å². The van der Waals surface area contributed by atoms with Crippen molar-refractivity contribution in [1.82, 2.24) is 9.78 Å². The van der Waals surface area contributed by atoms with Crippen LogP contribution in [0.15, 0.2) is 97.2 Å². The van der Waals surface area contributed by atoms with E-state index in [2.05, 4.69) is 24.3 Å². The smallest absolute Gasteiger partial charge is 0.238 e. The molecule has 0 aliphatic carbocycles. The predicted molar refractivity (Wildman–Crippen MR) is 127 cm³/mol. The number of rotatable bonds is 6. The van der Waals surface area contributed by atoms with Crippen LogP contribution in [0.25, 0.3) is 16.9 Å². The Morgan fingerprint density at radius 3 is 2.23 bits per heavy atom. The van der Waals surface area contributed by atoms with Gasteiger partial charge in [-0.15, -0.1) is 11.8 Å². The van der Waals surface area contributed by atoms with Gasteiger partial charge in [-0.1, -0.05) is 78.9 Å². The lowest BCUT2D eigenvalue weighted by atomic mass is 10.1. The van der Waals surface area contributed by atoms with Gasteiger partial charge in [0.1, 0.15) is 5.69 Å². The molecule has 0 radical (unpaired) electrons. The Morgan fingerprint density at radius 2 is 1.52 bits per heavy atom. The first-order valence-electron chi connectivity index (χ1n) is 10.5. The van der Waals surface area contributed by atoms with Crippen molar-refractivity contribution in [1.29, 1.82) is 0 Å². The maximum atomic E-state index is 13.0. The normalized spacial score (nSPS) is 16.1. The van der Waals surface area contributed by atoms with Gasteiger partial charge in [-0.2, -0.15) is 5.10 Å². The third kappa shape index (κ3) is 4.14. The highest BCUT2D eigenvalue weighted by atomic mass is 32.2. The maximum Gasteiger partial charge on any atom is 0.238 e. The number of carbonyl (C=O) groups excluding carboxylic acids is 1. The highest BCUT2D eigenvalue weighted by Crippen LogP contribution is 2.39. The zero-order valence-electron chi connectivity index (χ0n) is 17.1. The Hall–Kier alpha value is -3.31. The average molecular weight is 426 g/mol. The van der Waals surface area contributed by atoms with Crippen LogP contribution in [0, 0.1) is 0 Å². The summed E-state index contributed by atoms with van der Waals surface area (Å²) in [5, 5.41) is 5.00. The number of aryl methyl sites for hydroxylation is 1. The molecule has 3 aromatic carbocycles. The van der Waals surface area contributed by atoms with Crippen molar-refractivity contribution in [2.24, 2.45) is 0 Å². The zero-order chi connectivity index (χ0) is 21.0. The van der Waals surface area contributed by atoms with Crippen molar-refractivity contribution in [2.45, 2.75) is 18.2 Å². The predicted octanol–water partition coefficient (Wildman–Crippen LogP) is 5.58. The van der Waals surface area contributed by atoms with Crippen LogP contribution in [-0.4, -0.2) is 26.8 Å². The highest BCUT2D eigenvalue weighted by molar-refractivity contribution is 8.01. The van der Waals surface area contributed by atoms with Gasteiger partial charge in [0.25, 0.3) is 0 Å². The molecule has 31 heavy (non-hydrogen) atoms. The maximum absolute atomic E-state index is 13.0. The van der Waals surface area contributed by atoms with E-state index in [0.717, 1.165) is 35.5 Å². The summed E-state index contributed by atoms with van der Waals surface area (Å²) in [6.07, 6.45) is 3.85. The SMILES string of the molecule is O=C1CSC(CCc2ccccc2)N1c1cn(-c2ccccc2)nc1-c1ccccc1. The molecular weight excluding hydrogens is 402 g/mol. The van der Waals surface area contributed by atoms with E-state index in [4.69, 9.17) is 5.10 Å². The number of anilines is 1. The summed E-state index contributed by atoms with van der Waals surface area (Å²) in [7, 11) is 0. The van der Waals surface area contributed by atoms with Crippen LogP contribution in [0.3, 0.4) is 0 Å². The number of nitrogens with zero attached hydrogens (tertiary/aromatic N) is 3. The van der Waals surface area contributed by atoms with Crippen molar-refractivity contribution in [2.75, 3.05) is 10.7 Å². The lowest BCUT2D eigenvalue weighted by Crippen LogP contribution is -2.33. The molecule has 4 aromatic rings. The first-order chi connectivity index (χ1) is 15.3. The third-order valence-corrected chi connectivity index (χ3v) is 6.75. The number of para-hydroxylation sites is 1. The molecule has 0 spiro atoms. The fourth-order valence-electron chi connectivity index (χ4n) is 3.96. The van der Waals surface area contributed by atoms with Crippen LogP contribution in [-0.2, 0) is 11.2 Å². The van der Waals surface area contributed by atoms with Crippen molar-refractivity contribution in [3.63, 3.8) is 0 Å². The molecule has 5 heteroatoms. The number of carbonyl (C=O) groups is 1. The van der Waals surface area contributed by atoms with Gasteiger partial charge in [0.15, 0.2) is 0 Å². The van der Waals surface area contributed by atoms with E-state index in [0.29, 0.717) is 5.75 Å². The fourth-order valence-corrected chi connectivity index (χ4v) is 5.10. The van der Waals surface area contributed by atoms with Crippen LogP contribution >= 0.6 is 11.8 Å². The molecule has 154 valence electrons. The molecule has 1 saturated heterocycles. The molecule has 1 aliphatic heterocycles. The average Bonchev–Trinajstić information content (AvgIpc) is 3.43. The minimum absolute atomic E-state index is 0.101. The van der Waals surface area contributed by atoms with E-state index in [1.165, 1.54) is 5.56 Å². The minimum Gasteiger partial charge on any atom is -0.295 e. The summed E-state index contributed by atoms with van der Waals surface area (Å²) in [6.45, 7) is 0. The Labute approximate surface area is 186 Å². The summed E-state index contributed by atoms with van der Waals surface area (Å²) >= 11 is 1.72. The van der Waals surface area contributed by atoms with Crippen LogP contribution in [0.5, 0.6) is 0 Å². The number of thioether (sulfide) groups is 1. The van der Waals surface area contributed by atoms with Crippen molar-refractivity contribution in [3.8, 4) is 16.9 Å². The van der Waals surface area contributed by atoms with Crippen LogP contribution in [0.2, 0.25) is 0 Å². The van der Waals surface area contributed by atoms with E-state index in [1.54, 1.807) is 11.8 Å². The van der Waals surface area contributed by atoms with Crippen LogP contribution < -0.4 is 4.90 Å². The van der Waals surface area contributed by atoms with Crippen molar-refractivity contribution in [3.05, 3.63) is 103 Å². The van der Waals surface area contributed by atoms with E-state index in [-0.39, 0.29) is 11.3 Å². The molecule has 1 aliphatic rings. The van der Waals surface area contributed by atoms with Crippen LogP contribution in [0.1, 0.15) is 12.0 Å².